The van der Waals surface area contributed by atoms with Crippen LogP contribution in [-0.2, 0) is 6.54 Å². The molecule has 0 bridgehead atoms. The number of para-hydroxylation sites is 2. The maximum atomic E-state index is 12.0. The number of hydrogen-bond acceptors (Lipinski definition) is 5. The number of nitro benzene ring substituents is 1. The van der Waals surface area contributed by atoms with Gasteiger partial charge in [0.1, 0.15) is 11.4 Å². The van der Waals surface area contributed by atoms with Gasteiger partial charge >= 0.3 is 0 Å². The molecule has 8 heteroatoms. The normalized spacial score (nSPS) is 10.2. The highest BCUT2D eigenvalue weighted by atomic mass is 16.6. The van der Waals surface area contributed by atoms with Crippen molar-refractivity contribution in [1.29, 1.82) is 0 Å². The number of hydrogen-bond donors (Lipinski definition) is 2. The Balaban J connectivity index is 2.17. The van der Waals surface area contributed by atoms with Crippen LogP contribution in [-0.4, -0.2) is 26.9 Å². The Morgan fingerprint density at radius 1 is 1.45 bits per heavy atom. The van der Waals surface area contributed by atoms with E-state index < -0.39 is 10.8 Å². The summed E-state index contributed by atoms with van der Waals surface area (Å²) in [6.45, 7) is 0.980. The van der Waals surface area contributed by atoms with E-state index in [-0.39, 0.29) is 17.1 Å². The molecule has 1 aromatic carbocycles. The monoisotopic (exact) mass is 275 g/mol. The van der Waals surface area contributed by atoms with E-state index in [4.69, 9.17) is 5.73 Å². The second-order valence-electron chi connectivity index (χ2n) is 4.01. The summed E-state index contributed by atoms with van der Waals surface area (Å²) in [5.41, 5.74) is 5.55. The van der Waals surface area contributed by atoms with Crippen molar-refractivity contribution in [1.82, 2.24) is 9.55 Å². The van der Waals surface area contributed by atoms with Crippen molar-refractivity contribution >= 4 is 17.3 Å². The first kappa shape index (κ1) is 13.7. The summed E-state index contributed by atoms with van der Waals surface area (Å²) in [7, 11) is 0. The molecule has 1 aromatic heterocycles. The SMILES string of the molecule is NCCn1cnc(C(=O)Nc2ccccc2[N+](=O)[O-])c1. The van der Waals surface area contributed by atoms with E-state index in [1.165, 1.54) is 30.7 Å². The molecule has 104 valence electrons. The van der Waals surface area contributed by atoms with Gasteiger partial charge in [0.25, 0.3) is 11.6 Å². The number of carbonyl (C=O) groups is 1. The van der Waals surface area contributed by atoms with Crippen LogP contribution in [0, 0.1) is 10.1 Å². The fourth-order valence-corrected chi connectivity index (χ4v) is 1.67. The molecule has 3 N–H and O–H groups in total. The van der Waals surface area contributed by atoms with Crippen LogP contribution in [0.3, 0.4) is 0 Å². The molecule has 20 heavy (non-hydrogen) atoms. The van der Waals surface area contributed by atoms with Gasteiger partial charge in [-0.1, -0.05) is 12.1 Å². The second-order valence-corrected chi connectivity index (χ2v) is 4.01. The van der Waals surface area contributed by atoms with Crippen LogP contribution in [0.1, 0.15) is 10.5 Å². The van der Waals surface area contributed by atoms with Crippen LogP contribution in [0.15, 0.2) is 36.8 Å². The van der Waals surface area contributed by atoms with Crippen molar-refractivity contribution in [3.63, 3.8) is 0 Å². The van der Waals surface area contributed by atoms with Crippen molar-refractivity contribution in [2.75, 3.05) is 11.9 Å². The Morgan fingerprint density at radius 2 is 2.20 bits per heavy atom. The van der Waals surface area contributed by atoms with Crippen LogP contribution in [0.5, 0.6) is 0 Å². The Morgan fingerprint density at radius 3 is 2.90 bits per heavy atom. The largest absolute Gasteiger partial charge is 0.335 e. The number of rotatable bonds is 5. The van der Waals surface area contributed by atoms with Gasteiger partial charge in [0.15, 0.2) is 0 Å². The molecule has 0 aliphatic rings. The van der Waals surface area contributed by atoms with Crippen molar-refractivity contribution in [2.24, 2.45) is 5.73 Å². The van der Waals surface area contributed by atoms with Crippen LogP contribution in [0.25, 0.3) is 0 Å². The Labute approximate surface area is 114 Å². The van der Waals surface area contributed by atoms with Gasteiger partial charge in [-0.2, -0.15) is 0 Å². The van der Waals surface area contributed by atoms with Crippen molar-refractivity contribution in [3.05, 3.63) is 52.6 Å². The number of nitrogens with one attached hydrogen (secondary N) is 1. The van der Waals surface area contributed by atoms with Crippen LogP contribution < -0.4 is 11.1 Å². The summed E-state index contributed by atoms with van der Waals surface area (Å²) >= 11 is 0. The van der Waals surface area contributed by atoms with Gasteiger partial charge in [-0.15, -0.1) is 0 Å². The van der Waals surface area contributed by atoms with Gasteiger partial charge in [-0.3, -0.25) is 14.9 Å². The molecule has 2 aromatic rings. The first-order chi connectivity index (χ1) is 9.61. The highest BCUT2D eigenvalue weighted by Gasteiger charge is 2.16. The van der Waals surface area contributed by atoms with E-state index in [0.717, 1.165) is 0 Å². The van der Waals surface area contributed by atoms with Gasteiger partial charge in [0.2, 0.25) is 0 Å². The molecule has 0 aliphatic carbocycles. The van der Waals surface area contributed by atoms with E-state index in [0.29, 0.717) is 13.1 Å². The molecule has 0 fully saturated rings. The molecule has 0 saturated heterocycles. The summed E-state index contributed by atoms with van der Waals surface area (Å²) in [6, 6.07) is 5.93. The van der Waals surface area contributed by atoms with E-state index in [1.54, 1.807) is 10.6 Å². The number of benzene rings is 1. The molecule has 0 unspecified atom stereocenters. The lowest BCUT2D eigenvalue weighted by molar-refractivity contribution is -0.383. The molecule has 1 amide bonds. The molecule has 1 heterocycles. The highest BCUT2D eigenvalue weighted by Crippen LogP contribution is 2.23. The molecule has 0 atom stereocenters. The van der Waals surface area contributed by atoms with Gasteiger partial charge in [-0.05, 0) is 6.07 Å². The third-order valence-electron chi connectivity index (χ3n) is 2.60. The van der Waals surface area contributed by atoms with Crippen LogP contribution in [0.4, 0.5) is 11.4 Å². The van der Waals surface area contributed by atoms with Crippen LogP contribution >= 0.6 is 0 Å². The summed E-state index contributed by atoms with van der Waals surface area (Å²) in [5.74, 6) is -0.505. The number of carbonyl (C=O) groups excluding carboxylic acids is 1. The summed E-state index contributed by atoms with van der Waals surface area (Å²) in [4.78, 5) is 26.2. The van der Waals surface area contributed by atoms with Crippen LogP contribution in [0.2, 0.25) is 0 Å². The smallest absolute Gasteiger partial charge is 0.292 e. The minimum Gasteiger partial charge on any atom is -0.335 e. The quantitative estimate of drug-likeness (QED) is 0.623. The number of imidazole rings is 1. The van der Waals surface area contributed by atoms with Crippen molar-refractivity contribution in [3.8, 4) is 0 Å². The van der Waals surface area contributed by atoms with Gasteiger partial charge < -0.3 is 15.6 Å². The minimum atomic E-state index is -0.553. The topological polar surface area (TPSA) is 116 Å². The van der Waals surface area contributed by atoms with E-state index in [1.807, 2.05) is 0 Å². The molecule has 8 nitrogen and oxygen atoms in total. The number of amides is 1. The number of nitrogens with zero attached hydrogens (tertiary/aromatic N) is 3. The molecule has 0 radical (unpaired) electrons. The third-order valence-corrected chi connectivity index (χ3v) is 2.60. The average molecular weight is 275 g/mol. The zero-order chi connectivity index (χ0) is 14.5. The van der Waals surface area contributed by atoms with Gasteiger partial charge in [0.05, 0.1) is 11.3 Å². The van der Waals surface area contributed by atoms with Gasteiger partial charge in [0, 0.05) is 25.4 Å². The van der Waals surface area contributed by atoms with Gasteiger partial charge in [-0.25, -0.2) is 4.98 Å². The number of nitrogens with two attached hydrogens (primary N) is 1. The van der Waals surface area contributed by atoms with E-state index in [2.05, 4.69) is 10.3 Å². The lowest BCUT2D eigenvalue weighted by Crippen LogP contribution is -2.13. The minimum absolute atomic E-state index is 0.135. The third kappa shape index (κ3) is 2.98. The first-order valence-electron chi connectivity index (χ1n) is 5.88. The first-order valence-corrected chi connectivity index (χ1v) is 5.88. The average Bonchev–Trinajstić information content (AvgIpc) is 2.88. The summed E-state index contributed by atoms with van der Waals surface area (Å²) in [5, 5.41) is 13.3. The predicted molar refractivity (Wildman–Crippen MR) is 72.3 cm³/mol. The summed E-state index contributed by atoms with van der Waals surface area (Å²) in [6.07, 6.45) is 3.03. The van der Waals surface area contributed by atoms with E-state index >= 15 is 0 Å². The van der Waals surface area contributed by atoms with Crippen molar-refractivity contribution < 1.29 is 9.72 Å². The number of aromatic nitrogens is 2. The molecular formula is C12H13N5O3. The zero-order valence-electron chi connectivity index (χ0n) is 10.5. The maximum Gasteiger partial charge on any atom is 0.292 e. The number of nitro groups is 1. The second kappa shape index (κ2) is 5.93. The molecule has 0 saturated carbocycles. The maximum absolute atomic E-state index is 12.0. The Hall–Kier alpha value is -2.74. The summed E-state index contributed by atoms with van der Waals surface area (Å²) < 4.78 is 1.67. The molecular weight excluding hydrogens is 262 g/mol. The van der Waals surface area contributed by atoms with E-state index in [9.17, 15) is 14.9 Å². The highest BCUT2D eigenvalue weighted by molar-refractivity contribution is 6.03. The molecule has 0 aliphatic heterocycles. The fraction of sp³-hybridized carbons (Fsp3) is 0.167. The molecule has 2 rings (SSSR count). The fourth-order valence-electron chi connectivity index (χ4n) is 1.67. The standard InChI is InChI=1S/C12H13N5O3/c13-5-6-16-7-10(14-8-16)12(18)15-9-3-1-2-4-11(9)17(19)20/h1-4,7-8H,5-6,13H2,(H,15,18). The molecule has 0 spiro atoms. The van der Waals surface area contributed by atoms with Crippen molar-refractivity contribution in [2.45, 2.75) is 6.54 Å². The Bertz CT molecular complexity index is 638. The lowest BCUT2D eigenvalue weighted by Gasteiger charge is -2.03. The zero-order valence-corrected chi connectivity index (χ0v) is 10.5. The number of anilines is 1. The predicted octanol–water partition coefficient (Wildman–Crippen LogP) is 1.00. The lowest BCUT2D eigenvalue weighted by atomic mass is 10.2. The Kier molecular flexibility index (Phi) is 4.06.